The van der Waals surface area contributed by atoms with E-state index in [1.807, 2.05) is 30.3 Å². The van der Waals surface area contributed by atoms with E-state index in [4.69, 9.17) is 0 Å². The van der Waals surface area contributed by atoms with Gasteiger partial charge in [0.15, 0.2) is 0 Å². The highest BCUT2D eigenvalue weighted by molar-refractivity contribution is 7.88. The molecule has 3 rings (SSSR count). The zero-order chi connectivity index (χ0) is 24.0. The van der Waals surface area contributed by atoms with Crippen molar-refractivity contribution < 1.29 is 23.1 Å². The normalized spacial score (nSPS) is 12.1. The Bertz CT molecular complexity index is 1230. The molecule has 2 amide bonds. The van der Waals surface area contributed by atoms with E-state index in [1.54, 1.807) is 49.8 Å². The highest BCUT2D eigenvalue weighted by atomic mass is 32.2. The van der Waals surface area contributed by atoms with Crippen molar-refractivity contribution in [1.29, 1.82) is 0 Å². The molecule has 0 spiro atoms. The minimum atomic E-state index is -3.65. The lowest BCUT2D eigenvalue weighted by Gasteiger charge is -2.18. The minimum Gasteiger partial charge on any atom is -0.480 e. The van der Waals surface area contributed by atoms with Crippen LogP contribution in [0.1, 0.15) is 5.56 Å². The maximum atomic E-state index is 12.6. The zero-order valence-electron chi connectivity index (χ0n) is 18.1. The molecule has 9 nitrogen and oxygen atoms in total. The van der Waals surface area contributed by atoms with Crippen molar-refractivity contribution in [2.75, 3.05) is 23.5 Å². The Morgan fingerprint density at radius 1 is 1.06 bits per heavy atom. The minimum absolute atomic E-state index is 0.0134. The molecular weight excluding hydrogens is 444 g/mol. The second-order valence-electron chi connectivity index (χ2n) is 7.46. The molecule has 0 saturated heterocycles. The van der Waals surface area contributed by atoms with Crippen molar-refractivity contribution in [1.82, 2.24) is 9.71 Å². The molecule has 0 unspecified atom stereocenters. The van der Waals surface area contributed by atoms with Gasteiger partial charge in [-0.1, -0.05) is 36.4 Å². The number of hydrogen-bond acceptors (Lipinski definition) is 5. The smallest absolute Gasteiger partial charge is 0.326 e. The molecule has 0 aliphatic heterocycles. The summed E-state index contributed by atoms with van der Waals surface area (Å²) in [5, 5.41) is 12.1. The van der Waals surface area contributed by atoms with Gasteiger partial charge in [-0.15, -0.1) is 0 Å². The van der Waals surface area contributed by atoms with E-state index in [9.17, 15) is 23.1 Å². The summed E-state index contributed by atoms with van der Waals surface area (Å²) in [6.07, 6.45) is 4.16. The molecule has 10 heteroatoms. The quantitative estimate of drug-likeness (QED) is 0.466. The highest BCUT2D eigenvalue weighted by Gasteiger charge is 2.21. The number of aromatic nitrogens is 1. The van der Waals surface area contributed by atoms with Crippen LogP contribution < -0.4 is 14.9 Å². The fourth-order valence-corrected chi connectivity index (χ4v) is 3.86. The fourth-order valence-electron chi connectivity index (χ4n) is 3.16. The Hall–Kier alpha value is -3.76. The van der Waals surface area contributed by atoms with Crippen molar-refractivity contribution in [3.8, 4) is 11.1 Å². The van der Waals surface area contributed by atoms with Crippen LogP contribution in [-0.2, 0) is 21.2 Å². The first kappa shape index (κ1) is 23.9. The summed E-state index contributed by atoms with van der Waals surface area (Å²) in [6, 6.07) is 16.4. The van der Waals surface area contributed by atoms with Crippen LogP contribution >= 0.6 is 0 Å². The van der Waals surface area contributed by atoms with Gasteiger partial charge >= 0.3 is 12.0 Å². The summed E-state index contributed by atoms with van der Waals surface area (Å²) in [5.41, 5.74) is 3.66. The van der Waals surface area contributed by atoms with Gasteiger partial charge in [0.2, 0.25) is 10.0 Å². The van der Waals surface area contributed by atoms with Crippen LogP contribution in [-0.4, -0.2) is 49.9 Å². The van der Waals surface area contributed by atoms with Gasteiger partial charge in [0, 0.05) is 18.9 Å². The predicted molar refractivity (Wildman–Crippen MR) is 127 cm³/mol. The lowest BCUT2D eigenvalue weighted by atomic mass is 10.0. The molecule has 1 heterocycles. The number of carbonyl (C=O) groups excluding carboxylic acids is 1. The molecule has 3 N–H and O–H groups in total. The molecule has 3 aromatic rings. The monoisotopic (exact) mass is 468 g/mol. The predicted octanol–water partition coefficient (Wildman–Crippen LogP) is 2.96. The van der Waals surface area contributed by atoms with Gasteiger partial charge in [0.05, 0.1) is 18.1 Å². The topological polar surface area (TPSA) is 129 Å². The maximum absolute atomic E-state index is 12.6. The summed E-state index contributed by atoms with van der Waals surface area (Å²) >= 11 is 0. The Labute approximate surface area is 192 Å². The van der Waals surface area contributed by atoms with Gasteiger partial charge in [-0.05, 0) is 47.4 Å². The first-order chi connectivity index (χ1) is 15.6. The Morgan fingerprint density at radius 2 is 1.79 bits per heavy atom. The van der Waals surface area contributed by atoms with Gasteiger partial charge in [-0.3, -0.25) is 14.7 Å². The van der Waals surface area contributed by atoms with Crippen LogP contribution in [0.5, 0.6) is 0 Å². The van der Waals surface area contributed by atoms with Crippen molar-refractivity contribution in [3.05, 3.63) is 78.6 Å². The second-order valence-corrected chi connectivity index (χ2v) is 9.24. The summed E-state index contributed by atoms with van der Waals surface area (Å²) < 4.78 is 24.9. The molecule has 1 aromatic heterocycles. The summed E-state index contributed by atoms with van der Waals surface area (Å²) in [4.78, 5) is 29.4. The number of carboxylic acid groups (broad SMARTS) is 1. The average Bonchev–Trinajstić information content (AvgIpc) is 2.78. The van der Waals surface area contributed by atoms with E-state index in [0.29, 0.717) is 16.9 Å². The molecule has 33 heavy (non-hydrogen) atoms. The number of benzene rings is 2. The fraction of sp³-hybridized carbons (Fsp3) is 0.174. The van der Waals surface area contributed by atoms with E-state index in [0.717, 1.165) is 17.4 Å². The van der Waals surface area contributed by atoms with Crippen LogP contribution in [0.15, 0.2) is 73.1 Å². The first-order valence-electron chi connectivity index (χ1n) is 9.96. The summed E-state index contributed by atoms with van der Waals surface area (Å²) in [5.74, 6) is -1.25. The highest BCUT2D eigenvalue weighted by Crippen LogP contribution is 2.24. The number of nitrogens with one attached hydrogen (secondary N) is 2. The van der Waals surface area contributed by atoms with Gasteiger partial charge in [0.25, 0.3) is 0 Å². The van der Waals surface area contributed by atoms with Crippen molar-refractivity contribution in [2.24, 2.45) is 0 Å². The van der Waals surface area contributed by atoms with Crippen molar-refractivity contribution in [3.63, 3.8) is 0 Å². The number of urea groups is 1. The molecule has 0 radical (unpaired) electrons. The number of amides is 2. The van der Waals surface area contributed by atoms with Gasteiger partial charge < -0.3 is 10.4 Å². The SMILES string of the molecule is CN(C(=O)Nc1cccc(-c2ccc(C[C@H](NS(C)(=O)=O)C(=O)O)cc2)c1)c1cccnc1. The van der Waals surface area contributed by atoms with E-state index < -0.39 is 22.0 Å². The molecule has 0 bridgehead atoms. The Morgan fingerprint density at radius 3 is 2.39 bits per heavy atom. The molecule has 172 valence electrons. The molecule has 0 aliphatic rings. The lowest BCUT2D eigenvalue weighted by Crippen LogP contribution is -2.41. The van der Waals surface area contributed by atoms with Crippen LogP contribution in [0, 0.1) is 0 Å². The number of aliphatic carboxylic acids is 1. The number of nitrogens with zero attached hydrogens (tertiary/aromatic N) is 2. The molecular formula is C23H24N4O5S. The van der Waals surface area contributed by atoms with Crippen LogP contribution in [0.25, 0.3) is 11.1 Å². The largest absolute Gasteiger partial charge is 0.480 e. The van der Waals surface area contributed by atoms with E-state index >= 15 is 0 Å². The number of rotatable bonds is 8. The number of sulfonamides is 1. The first-order valence-corrected chi connectivity index (χ1v) is 11.9. The van der Waals surface area contributed by atoms with Crippen LogP contribution in [0.4, 0.5) is 16.2 Å². The van der Waals surface area contributed by atoms with Gasteiger partial charge in [-0.2, -0.15) is 0 Å². The van der Waals surface area contributed by atoms with Crippen molar-refractivity contribution in [2.45, 2.75) is 12.5 Å². The van der Waals surface area contributed by atoms with Crippen LogP contribution in [0.3, 0.4) is 0 Å². The number of carbonyl (C=O) groups is 2. The molecule has 0 fully saturated rings. The number of pyridine rings is 1. The van der Waals surface area contributed by atoms with Gasteiger partial charge in [-0.25, -0.2) is 17.9 Å². The van der Waals surface area contributed by atoms with Crippen LogP contribution in [0.2, 0.25) is 0 Å². The van der Waals surface area contributed by atoms with E-state index in [1.165, 1.54) is 4.90 Å². The van der Waals surface area contributed by atoms with Gasteiger partial charge in [0.1, 0.15) is 6.04 Å². The number of anilines is 2. The second kappa shape index (κ2) is 10.2. The third-order valence-corrected chi connectivity index (χ3v) is 5.55. The maximum Gasteiger partial charge on any atom is 0.326 e. The van der Waals surface area contributed by atoms with E-state index in [2.05, 4.69) is 15.0 Å². The Kier molecular flexibility index (Phi) is 7.41. The third kappa shape index (κ3) is 6.86. The summed E-state index contributed by atoms with van der Waals surface area (Å²) in [7, 11) is -2.00. The molecule has 0 saturated carbocycles. The number of hydrogen-bond donors (Lipinski definition) is 3. The van der Waals surface area contributed by atoms with E-state index in [-0.39, 0.29) is 12.5 Å². The lowest BCUT2D eigenvalue weighted by molar-refractivity contribution is -0.138. The third-order valence-electron chi connectivity index (χ3n) is 4.83. The average molecular weight is 469 g/mol. The standard InChI is InChI=1S/C23H24N4O5S/c1-27(20-7-4-12-24-15-20)23(30)25-19-6-3-5-18(14-19)17-10-8-16(9-11-17)13-21(22(28)29)26-33(2,31)32/h3-12,14-15,21,26H,13H2,1-2H3,(H,25,30)(H,28,29)/t21-/m0/s1. The molecule has 1 atom stereocenters. The van der Waals surface area contributed by atoms with Crippen molar-refractivity contribution >= 4 is 33.4 Å². The molecule has 2 aromatic carbocycles. The molecule has 0 aliphatic carbocycles. The number of carboxylic acids is 1. The summed E-state index contributed by atoms with van der Waals surface area (Å²) in [6.45, 7) is 0. The zero-order valence-corrected chi connectivity index (χ0v) is 18.9. The Balaban J connectivity index is 1.71.